The lowest BCUT2D eigenvalue weighted by Gasteiger charge is -2.30. The first-order valence-corrected chi connectivity index (χ1v) is 6.36. The molecule has 4 N–H and O–H groups in total. The van der Waals surface area contributed by atoms with Crippen LogP contribution in [0, 0.1) is 0 Å². The summed E-state index contributed by atoms with van der Waals surface area (Å²) in [6.45, 7) is 3.53. The van der Waals surface area contributed by atoms with Gasteiger partial charge in [-0.15, -0.1) is 0 Å². The first-order valence-electron chi connectivity index (χ1n) is 6.36. The largest absolute Gasteiger partial charge is 0.409 e. The Morgan fingerprint density at radius 2 is 2.10 bits per heavy atom. The number of methoxy groups -OCH3 is 1. The molecule has 6 heteroatoms. The molecule has 2 atom stereocenters. The second-order valence-electron chi connectivity index (χ2n) is 4.69. The SMILES string of the molecule is CCC(C)(NC(=O)C(OC)c1ccccc1)C(N)=NO. The van der Waals surface area contributed by atoms with Crippen molar-refractivity contribution in [2.24, 2.45) is 10.9 Å². The van der Waals surface area contributed by atoms with E-state index < -0.39 is 11.6 Å². The van der Waals surface area contributed by atoms with Crippen LogP contribution in [-0.4, -0.2) is 29.6 Å². The highest BCUT2D eigenvalue weighted by molar-refractivity contribution is 5.94. The van der Waals surface area contributed by atoms with E-state index in [0.717, 1.165) is 5.56 Å². The zero-order valence-corrected chi connectivity index (χ0v) is 12.0. The van der Waals surface area contributed by atoms with Gasteiger partial charge in [0.15, 0.2) is 11.9 Å². The maximum atomic E-state index is 12.3. The van der Waals surface area contributed by atoms with Crippen LogP contribution < -0.4 is 11.1 Å². The minimum absolute atomic E-state index is 0.0451. The fraction of sp³-hybridized carbons (Fsp3) is 0.429. The average Bonchev–Trinajstić information content (AvgIpc) is 2.48. The summed E-state index contributed by atoms with van der Waals surface area (Å²) in [4.78, 5) is 12.3. The maximum absolute atomic E-state index is 12.3. The van der Waals surface area contributed by atoms with Crippen molar-refractivity contribution in [3.8, 4) is 0 Å². The molecule has 0 aliphatic carbocycles. The molecule has 1 aromatic carbocycles. The van der Waals surface area contributed by atoms with E-state index in [2.05, 4.69) is 10.5 Å². The van der Waals surface area contributed by atoms with E-state index in [-0.39, 0.29) is 11.7 Å². The molecule has 110 valence electrons. The lowest BCUT2D eigenvalue weighted by Crippen LogP contribution is -2.56. The third-order valence-electron chi connectivity index (χ3n) is 3.36. The number of amidine groups is 1. The van der Waals surface area contributed by atoms with Gasteiger partial charge in [-0.3, -0.25) is 4.79 Å². The minimum atomic E-state index is -0.919. The number of hydrogen-bond donors (Lipinski definition) is 3. The molecule has 0 saturated heterocycles. The van der Waals surface area contributed by atoms with Crippen LogP contribution in [0.4, 0.5) is 0 Å². The van der Waals surface area contributed by atoms with Gasteiger partial charge in [0.2, 0.25) is 0 Å². The molecule has 20 heavy (non-hydrogen) atoms. The molecule has 0 radical (unpaired) electrons. The van der Waals surface area contributed by atoms with Gasteiger partial charge in [0.25, 0.3) is 5.91 Å². The molecule has 0 fully saturated rings. The zero-order valence-electron chi connectivity index (χ0n) is 12.0. The topological polar surface area (TPSA) is 96.9 Å². The van der Waals surface area contributed by atoms with Gasteiger partial charge in [-0.1, -0.05) is 42.4 Å². The first kappa shape index (κ1) is 16.0. The van der Waals surface area contributed by atoms with Gasteiger partial charge >= 0.3 is 0 Å². The fourth-order valence-corrected chi connectivity index (χ4v) is 1.80. The van der Waals surface area contributed by atoms with Crippen molar-refractivity contribution in [1.29, 1.82) is 0 Å². The van der Waals surface area contributed by atoms with E-state index in [4.69, 9.17) is 15.7 Å². The van der Waals surface area contributed by atoms with Crippen molar-refractivity contribution >= 4 is 11.7 Å². The predicted molar refractivity (Wildman–Crippen MR) is 76.4 cm³/mol. The van der Waals surface area contributed by atoms with Gasteiger partial charge in [-0.2, -0.15) is 0 Å². The minimum Gasteiger partial charge on any atom is -0.409 e. The van der Waals surface area contributed by atoms with Crippen molar-refractivity contribution in [3.05, 3.63) is 35.9 Å². The Morgan fingerprint density at radius 1 is 1.50 bits per heavy atom. The molecular formula is C14H21N3O3. The molecule has 0 aromatic heterocycles. The second kappa shape index (κ2) is 6.91. The number of benzene rings is 1. The predicted octanol–water partition coefficient (Wildman–Crippen LogP) is 1.41. The number of nitrogens with zero attached hydrogens (tertiary/aromatic N) is 1. The highest BCUT2D eigenvalue weighted by Gasteiger charge is 2.32. The summed E-state index contributed by atoms with van der Waals surface area (Å²) in [6, 6.07) is 9.14. The molecule has 0 saturated carbocycles. The van der Waals surface area contributed by atoms with Gasteiger partial charge < -0.3 is 21.0 Å². The second-order valence-corrected chi connectivity index (χ2v) is 4.69. The standard InChI is InChI=1S/C14H21N3O3/c1-4-14(2,13(15)17-19)16-12(18)11(20-3)10-8-6-5-7-9-10/h5-9,11,19H,4H2,1-3H3,(H2,15,17)(H,16,18). The Bertz CT molecular complexity index is 476. The van der Waals surface area contributed by atoms with Crippen LogP contribution in [0.2, 0.25) is 0 Å². The number of rotatable bonds is 6. The van der Waals surface area contributed by atoms with Crippen LogP contribution in [0.5, 0.6) is 0 Å². The third kappa shape index (κ3) is 3.48. The molecule has 0 heterocycles. The number of nitrogens with two attached hydrogens (primary N) is 1. The summed E-state index contributed by atoms with van der Waals surface area (Å²) in [5.41, 5.74) is 5.46. The van der Waals surface area contributed by atoms with Crippen LogP contribution in [0.15, 0.2) is 35.5 Å². The average molecular weight is 279 g/mol. The quantitative estimate of drug-likeness (QED) is 0.317. The van der Waals surface area contributed by atoms with Crippen molar-refractivity contribution in [2.45, 2.75) is 31.9 Å². The molecule has 1 amide bonds. The van der Waals surface area contributed by atoms with Gasteiger partial charge in [-0.05, 0) is 18.9 Å². The molecule has 0 spiro atoms. The van der Waals surface area contributed by atoms with E-state index in [1.165, 1.54) is 7.11 Å². The maximum Gasteiger partial charge on any atom is 0.254 e. The van der Waals surface area contributed by atoms with Gasteiger partial charge in [-0.25, -0.2) is 0 Å². The summed E-state index contributed by atoms with van der Waals surface area (Å²) in [6.07, 6.45) is -0.256. The van der Waals surface area contributed by atoms with E-state index in [0.29, 0.717) is 6.42 Å². The van der Waals surface area contributed by atoms with Crippen molar-refractivity contribution < 1.29 is 14.7 Å². The first-order chi connectivity index (χ1) is 9.48. The Morgan fingerprint density at radius 3 is 2.55 bits per heavy atom. The molecule has 0 bridgehead atoms. The highest BCUT2D eigenvalue weighted by Crippen LogP contribution is 2.19. The number of oxime groups is 1. The smallest absolute Gasteiger partial charge is 0.254 e. The van der Waals surface area contributed by atoms with E-state index in [1.54, 1.807) is 19.1 Å². The van der Waals surface area contributed by atoms with Gasteiger partial charge in [0, 0.05) is 7.11 Å². The van der Waals surface area contributed by atoms with E-state index >= 15 is 0 Å². The summed E-state index contributed by atoms with van der Waals surface area (Å²) < 4.78 is 5.25. The molecule has 0 aliphatic rings. The number of carbonyl (C=O) groups is 1. The Labute approximate surface area is 118 Å². The Hall–Kier alpha value is -2.08. The van der Waals surface area contributed by atoms with Crippen LogP contribution >= 0.6 is 0 Å². The number of amides is 1. The molecule has 0 aliphatic heterocycles. The number of nitrogens with one attached hydrogen (secondary N) is 1. The normalized spacial score (nSPS) is 16.2. The lowest BCUT2D eigenvalue weighted by molar-refractivity contribution is -0.132. The zero-order chi connectivity index (χ0) is 15.2. The monoisotopic (exact) mass is 279 g/mol. The highest BCUT2D eigenvalue weighted by atomic mass is 16.5. The molecule has 1 aromatic rings. The lowest BCUT2D eigenvalue weighted by atomic mass is 9.96. The van der Waals surface area contributed by atoms with E-state index in [9.17, 15) is 4.79 Å². The Balaban J connectivity index is 2.93. The summed E-state index contributed by atoms with van der Waals surface area (Å²) in [5, 5.41) is 14.6. The third-order valence-corrected chi connectivity index (χ3v) is 3.36. The molecule has 1 rings (SSSR count). The van der Waals surface area contributed by atoms with Crippen molar-refractivity contribution in [1.82, 2.24) is 5.32 Å². The van der Waals surface area contributed by atoms with E-state index in [1.807, 2.05) is 25.1 Å². The van der Waals surface area contributed by atoms with Crippen molar-refractivity contribution in [3.63, 3.8) is 0 Å². The van der Waals surface area contributed by atoms with Gasteiger partial charge in [0.1, 0.15) is 0 Å². The van der Waals surface area contributed by atoms with Crippen LogP contribution in [0.1, 0.15) is 31.9 Å². The van der Waals surface area contributed by atoms with Crippen LogP contribution in [0.3, 0.4) is 0 Å². The molecular weight excluding hydrogens is 258 g/mol. The van der Waals surface area contributed by atoms with Gasteiger partial charge in [0.05, 0.1) is 5.54 Å². The summed E-state index contributed by atoms with van der Waals surface area (Å²) in [5.74, 6) is -0.383. The summed E-state index contributed by atoms with van der Waals surface area (Å²) in [7, 11) is 1.46. The number of carbonyl (C=O) groups excluding carboxylic acids is 1. The number of ether oxygens (including phenoxy) is 1. The summed E-state index contributed by atoms with van der Waals surface area (Å²) >= 11 is 0. The molecule has 2 unspecified atom stereocenters. The Kier molecular flexibility index (Phi) is 5.52. The van der Waals surface area contributed by atoms with Crippen molar-refractivity contribution in [2.75, 3.05) is 7.11 Å². The molecule has 6 nitrogen and oxygen atoms in total. The van der Waals surface area contributed by atoms with Crippen LogP contribution in [0.25, 0.3) is 0 Å². The van der Waals surface area contributed by atoms with Crippen LogP contribution in [-0.2, 0) is 9.53 Å². The fourth-order valence-electron chi connectivity index (χ4n) is 1.80. The number of hydrogen-bond acceptors (Lipinski definition) is 4.